The second-order valence-corrected chi connectivity index (χ2v) is 18.6. The zero-order chi connectivity index (χ0) is 51.5. The minimum Gasteiger partial charge on any atom is -0.508 e. The summed E-state index contributed by atoms with van der Waals surface area (Å²) in [4.78, 5) is 71.9. The van der Waals surface area contributed by atoms with Gasteiger partial charge in [-0.1, -0.05) is 153 Å². The molecule has 0 aliphatic heterocycles. The molecule has 378 valence electrons. The number of aliphatic carboxylic acids is 1. The first-order chi connectivity index (χ1) is 34.8. The van der Waals surface area contributed by atoms with Crippen molar-refractivity contribution in [2.75, 3.05) is 6.54 Å². The summed E-state index contributed by atoms with van der Waals surface area (Å²) in [6.45, 7) is 2.53. The number of nitrogens with zero attached hydrogens (tertiary/aromatic N) is 2. The van der Waals surface area contributed by atoms with Crippen LogP contribution in [-0.2, 0) is 37.6 Å². The van der Waals surface area contributed by atoms with Crippen molar-refractivity contribution >= 4 is 41.1 Å². The molecule has 0 spiro atoms. The summed E-state index contributed by atoms with van der Waals surface area (Å²) < 4.78 is 2.03. The third-order valence-electron chi connectivity index (χ3n) is 12.9. The van der Waals surface area contributed by atoms with Crippen LogP contribution in [0.1, 0.15) is 121 Å². The lowest BCUT2D eigenvalue weighted by Crippen LogP contribution is -2.52. The number of hydrogen-bond donors (Lipinski definition) is 7. The molecule has 72 heavy (non-hydrogen) atoms. The molecule has 14 nitrogen and oxygen atoms in total. The molecule has 9 N–H and O–H groups in total. The first kappa shape index (κ1) is 54.2. The maximum absolute atomic E-state index is 14.5. The molecule has 0 radical (unpaired) electrons. The normalized spacial score (nSPS) is 13.1. The van der Waals surface area contributed by atoms with Gasteiger partial charge < -0.3 is 42.2 Å². The number of nitrogens with one attached hydrogen (secondary N) is 3. The van der Waals surface area contributed by atoms with Crippen LogP contribution in [0.4, 0.5) is 0 Å². The molecule has 0 fully saturated rings. The highest BCUT2D eigenvalue weighted by Crippen LogP contribution is 2.41. The summed E-state index contributed by atoms with van der Waals surface area (Å²) in [5.41, 5.74) is 16.1. The molecule has 3 amide bonds. The summed E-state index contributed by atoms with van der Waals surface area (Å²) in [5, 5.41) is 29.1. The van der Waals surface area contributed by atoms with Crippen molar-refractivity contribution in [3.63, 3.8) is 0 Å². The Morgan fingerprint density at radius 2 is 1.32 bits per heavy atom. The van der Waals surface area contributed by atoms with Gasteiger partial charge in [0.2, 0.25) is 17.7 Å². The van der Waals surface area contributed by atoms with E-state index in [0.29, 0.717) is 47.7 Å². The molecule has 6 aromatic rings. The van der Waals surface area contributed by atoms with Gasteiger partial charge in [-0.05, 0) is 84.2 Å². The van der Waals surface area contributed by atoms with Crippen LogP contribution in [0.5, 0.6) is 5.75 Å². The summed E-state index contributed by atoms with van der Waals surface area (Å²) in [5.74, 6) is -3.20. The Hall–Kier alpha value is -7.13. The van der Waals surface area contributed by atoms with Crippen molar-refractivity contribution < 1.29 is 34.2 Å². The van der Waals surface area contributed by atoms with Crippen molar-refractivity contribution in [2.45, 2.75) is 114 Å². The number of Topliss-reactive ketones (excluding diaryl/α,β-unsaturated/α-hetero) is 1. The van der Waals surface area contributed by atoms with E-state index in [4.69, 9.17) is 28.1 Å². The highest BCUT2D eigenvalue weighted by Gasteiger charge is 2.39. The third kappa shape index (κ3) is 14.7. The second-order valence-electron chi connectivity index (χ2n) is 18.2. The monoisotopic (exact) mass is 995 g/mol. The van der Waals surface area contributed by atoms with Crippen LogP contribution in [0, 0.1) is 0 Å². The molecule has 6 rings (SSSR count). The summed E-state index contributed by atoms with van der Waals surface area (Å²) in [6, 6.07) is 36.4. The molecule has 0 saturated carbocycles. The number of ketones is 1. The zero-order valence-corrected chi connectivity index (χ0v) is 41.5. The number of halogens is 1. The van der Waals surface area contributed by atoms with E-state index in [1.807, 2.05) is 65.4 Å². The fraction of sp³-hybridized carbons (Fsp3) is 0.333. The first-order valence-electron chi connectivity index (χ1n) is 24.7. The van der Waals surface area contributed by atoms with Crippen LogP contribution < -0.4 is 27.4 Å². The molecule has 0 aliphatic carbocycles. The lowest BCUT2D eigenvalue weighted by Gasteiger charge is -2.37. The highest BCUT2D eigenvalue weighted by molar-refractivity contribution is 6.30. The van der Waals surface area contributed by atoms with Gasteiger partial charge in [0.05, 0.1) is 24.1 Å². The molecule has 0 saturated heterocycles. The molecule has 1 unspecified atom stereocenters. The van der Waals surface area contributed by atoms with E-state index < -0.39 is 53.3 Å². The van der Waals surface area contributed by atoms with Gasteiger partial charge in [0.1, 0.15) is 23.4 Å². The smallest absolute Gasteiger partial charge is 0.320 e. The number of carboxylic acids is 1. The lowest BCUT2D eigenvalue weighted by atomic mass is 9.77. The lowest BCUT2D eigenvalue weighted by molar-refractivity contribution is -0.138. The number of rotatable bonds is 28. The number of amides is 3. The van der Waals surface area contributed by atoms with E-state index in [2.05, 4.69) is 59.3 Å². The molecular formula is C57H66ClN7O7. The average molecular weight is 997 g/mol. The largest absolute Gasteiger partial charge is 0.508 e. The number of nitrogens with two attached hydrogens (primary N) is 2. The Morgan fingerprint density at radius 1 is 0.708 bits per heavy atom. The molecule has 0 aliphatic rings. The maximum atomic E-state index is 14.5. The van der Waals surface area contributed by atoms with E-state index >= 15 is 0 Å². The highest BCUT2D eigenvalue weighted by atomic mass is 35.5. The van der Waals surface area contributed by atoms with Crippen molar-refractivity contribution in [1.29, 1.82) is 0 Å². The quantitative estimate of drug-likeness (QED) is 0.0142. The van der Waals surface area contributed by atoms with Gasteiger partial charge in [-0.2, -0.15) is 0 Å². The number of carboxylic acid groups (broad SMARTS) is 1. The van der Waals surface area contributed by atoms with Crippen LogP contribution in [-0.4, -0.2) is 73.9 Å². The molecule has 5 aromatic carbocycles. The number of carbonyl (C=O) groups is 5. The van der Waals surface area contributed by atoms with Gasteiger partial charge in [0.15, 0.2) is 5.78 Å². The number of aromatic nitrogens is 2. The zero-order valence-electron chi connectivity index (χ0n) is 40.7. The topological polar surface area (TPSA) is 232 Å². The van der Waals surface area contributed by atoms with Crippen molar-refractivity contribution in [2.24, 2.45) is 11.5 Å². The molecule has 1 aromatic heterocycles. The number of phenolic OH excluding ortho intramolecular Hbond substituents is 1. The Labute approximate surface area is 426 Å². The van der Waals surface area contributed by atoms with Crippen LogP contribution in [0.2, 0.25) is 5.02 Å². The van der Waals surface area contributed by atoms with Crippen LogP contribution in [0.25, 0.3) is 0 Å². The first-order valence-corrected chi connectivity index (χ1v) is 25.1. The number of benzene rings is 5. The Kier molecular flexibility index (Phi) is 20.3. The van der Waals surface area contributed by atoms with E-state index in [0.717, 1.165) is 48.8 Å². The summed E-state index contributed by atoms with van der Waals surface area (Å²) >= 11 is 6.25. The SMILES string of the molecule is CCCCCCCC(=O)NCCCC[C@H](NC(=O)[C@@H](N)Cc1cn(C(c2ccccc2)(c2ccccc2)c2ccccc2)cn1)C(=O)NC(CC(=O)c1cc(O)ccc1C[C@@H](N)C(=O)O)c1ccc(Cl)cc1. The molecule has 15 heteroatoms. The maximum Gasteiger partial charge on any atom is 0.320 e. The van der Waals surface area contributed by atoms with Crippen LogP contribution >= 0.6 is 11.6 Å². The summed E-state index contributed by atoms with van der Waals surface area (Å²) in [7, 11) is 0. The molecule has 0 bridgehead atoms. The predicted molar refractivity (Wildman–Crippen MR) is 279 cm³/mol. The molecule has 1 heterocycles. The predicted octanol–water partition coefficient (Wildman–Crippen LogP) is 8.17. The van der Waals surface area contributed by atoms with Crippen molar-refractivity contribution in [3.05, 3.63) is 190 Å². The molecule has 4 atom stereocenters. The number of hydrogen-bond acceptors (Lipinski definition) is 9. The molecular weight excluding hydrogens is 930 g/mol. The minimum absolute atomic E-state index is 0.0335. The van der Waals surface area contributed by atoms with Gasteiger partial charge in [-0.3, -0.25) is 24.0 Å². The van der Waals surface area contributed by atoms with Crippen LogP contribution in [0.3, 0.4) is 0 Å². The number of carbonyl (C=O) groups excluding carboxylic acids is 4. The van der Waals surface area contributed by atoms with Crippen molar-refractivity contribution in [3.8, 4) is 5.75 Å². The van der Waals surface area contributed by atoms with E-state index in [1.165, 1.54) is 18.2 Å². The number of phenols is 1. The number of imidazole rings is 1. The number of unbranched alkanes of at least 4 members (excludes halogenated alkanes) is 5. The standard InChI is InChI=1S/C57H66ClN7O7/c1-2-3-4-5-15-25-53(68)61-32-17-16-24-50(55(70)64-51(39-26-29-44(58)30-27-39)36-52(67)47-35-46(66)31-28-40(47)33-49(60)56(71)72)63-54(69)48(59)34-45-37-65(38-62-45)57(41-18-9-6-10-19-41,42-20-11-7-12-21-42)43-22-13-8-14-23-43/h6-14,18-23,26-31,35,37-38,48-51,66H,2-5,15-17,24-25,32-34,36,59-60H2,1H3,(H,61,68)(H,63,69)(H,64,70)(H,71,72)/t48-,49+,50-,51?/m0/s1. The Balaban J connectivity index is 1.23. The second kappa shape index (κ2) is 26.9. The van der Waals surface area contributed by atoms with E-state index in [9.17, 15) is 34.2 Å². The fourth-order valence-electron chi connectivity index (χ4n) is 9.02. The van der Waals surface area contributed by atoms with Crippen molar-refractivity contribution in [1.82, 2.24) is 25.5 Å². The fourth-order valence-corrected chi connectivity index (χ4v) is 9.15. The van der Waals surface area contributed by atoms with Gasteiger partial charge >= 0.3 is 5.97 Å². The number of aromatic hydroxyl groups is 1. The minimum atomic E-state index is -1.31. The van der Waals surface area contributed by atoms with Gasteiger partial charge in [0.25, 0.3) is 0 Å². The van der Waals surface area contributed by atoms with Crippen LogP contribution in [0.15, 0.2) is 146 Å². The Bertz CT molecular complexity index is 2610. The Morgan fingerprint density at radius 3 is 1.92 bits per heavy atom. The van der Waals surface area contributed by atoms with Gasteiger partial charge in [-0.25, -0.2) is 4.98 Å². The third-order valence-corrected chi connectivity index (χ3v) is 13.1. The summed E-state index contributed by atoms with van der Waals surface area (Å²) in [6.07, 6.45) is 9.91. The van der Waals surface area contributed by atoms with E-state index in [-0.39, 0.29) is 42.9 Å². The van der Waals surface area contributed by atoms with Gasteiger partial charge in [0, 0.05) is 42.6 Å². The van der Waals surface area contributed by atoms with E-state index in [1.54, 1.807) is 30.6 Å². The van der Waals surface area contributed by atoms with Gasteiger partial charge in [-0.15, -0.1) is 0 Å². The average Bonchev–Trinajstić information content (AvgIpc) is 3.85.